The summed E-state index contributed by atoms with van der Waals surface area (Å²) in [6, 6.07) is 24.3. The van der Waals surface area contributed by atoms with E-state index in [-0.39, 0.29) is 6.10 Å². The molecule has 0 saturated carbocycles. The highest BCUT2D eigenvalue weighted by Gasteiger charge is 2.11. The molecule has 4 heteroatoms. The van der Waals surface area contributed by atoms with Crippen LogP contribution in [0.2, 0.25) is 0 Å². The highest BCUT2D eigenvalue weighted by Crippen LogP contribution is 2.32. The highest BCUT2D eigenvalue weighted by molar-refractivity contribution is 5.46. The maximum atomic E-state index is 6.12. The molecule has 3 rings (SSSR count). The average molecular weight is 392 g/mol. The van der Waals surface area contributed by atoms with E-state index in [9.17, 15) is 0 Å². The molecule has 1 N–H and O–H groups in total. The fraction of sp³-hybridized carbons (Fsp3) is 0.280. The zero-order chi connectivity index (χ0) is 20.5. The van der Waals surface area contributed by atoms with Gasteiger partial charge in [-0.3, -0.25) is 0 Å². The molecule has 0 fully saturated rings. The van der Waals surface area contributed by atoms with Gasteiger partial charge in [-0.1, -0.05) is 54.6 Å². The van der Waals surface area contributed by atoms with E-state index >= 15 is 0 Å². The van der Waals surface area contributed by atoms with Gasteiger partial charge >= 0.3 is 0 Å². The van der Waals surface area contributed by atoms with E-state index in [1.807, 2.05) is 56.3 Å². The van der Waals surface area contributed by atoms with Gasteiger partial charge in [-0.25, -0.2) is 0 Å². The van der Waals surface area contributed by atoms with Gasteiger partial charge < -0.3 is 19.5 Å². The van der Waals surface area contributed by atoms with Crippen molar-refractivity contribution in [3.8, 4) is 17.2 Å². The lowest BCUT2D eigenvalue weighted by Crippen LogP contribution is -2.14. The fourth-order valence-electron chi connectivity index (χ4n) is 3.05. The molecule has 0 aromatic heterocycles. The van der Waals surface area contributed by atoms with Gasteiger partial charge in [-0.2, -0.15) is 0 Å². The Bertz CT molecular complexity index is 876. The number of hydrogen-bond acceptors (Lipinski definition) is 4. The van der Waals surface area contributed by atoms with Crippen LogP contribution in [0.15, 0.2) is 72.8 Å². The van der Waals surface area contributed by atoms with E-state index in [2.05, 4.69) is 35.6 Å². The quantitative estimate of drug-likeness (QED) is 0.506. The molecule has 0 aliphatic rings. The Balaban J connectivity index is 1.61. The Labute approximate surface area is 173 Å². The SMILES string of the molecule is COc1cccc(CNCc2ccc(OC(C)C)cc2)c1OCc1ccccc1. The molecule has 29 heavy (non-hydrogen) atoms. The number of methoxy groups -OCH3 is 1. The zero-order valence-corrected chi connectivity index (χ0v) is 17.4. The molecule has 0 aliphatic heterocycles. The first-order chi connectivity index (χ1) is 14.2. The Morgan fingerprint density at radius 3 is 2.24 bits per heavy atom. The number of benzene rings is 3. The summed E-state index contributed by atoms with van der Waals surface area (Å²) in [6.07, 6.45) is 0.182. The minimum absolute atomic E-state index is 0.182. The molecule has 0 heterocycles. The van der Waals surface area contributed by atoms with Crippen molar-refractivity contribution in [2.75, 3.05) is 7.11 Å². The lowest BCUT2D eigenvalue weighted by atomic mass is 10.1. The van der Waals surface area contributed by atoms with Crippen molar-refractivity contribution in [3.63, 3.8) is 0 Å². The van der Waals surface area contributed by atoms with E-state index in [0.717, 1.165) is 34.9 Å². The molecule has 0 amide bonds. The van der Waals surface area contributed by atoms with Gasteiger partial charge in [-0.15, -0.1) is 0 Å². The maximum absolute atomic E-state index is 6.12. The molecule has 0 radical (unpaired) electrons. The summed E-state index contributed by atoms with van der Waals surface area (Å²) in [5, 5.41) is 3.49. The van der Waals surface area contributed by atoms with E-state index < -0.39 is 0 Å². The summed E-state index contributed by atoms with van der Waals surface area (Å²) in [5.74, 6) is 2.43. The van der Waals surface area contributed by atoms with Gasteiger partial charge in [0.05, 0.1) is 13.2 Å². The van der Waals surface area contributed by atoms with Crippen molar-refractivity contribution >= 4 is 0 Å². The van der Waals surface area contributed by atoms with Crippen molar-refractivity contribution < 1.29 is 14.2 Å². The van der Waals surface area contributed by atoms with Crippen molar-refractivity contribution in [3.05, 3.63) is 89.5 Å². The smallest absolute Gasteiger partial charge is 0.166 e. The van der Waals surface area contributed by atoms with E-state index in [1.54, 1.807) is 7.11 Å². The van der Waals surface area contributed by atoms with Crippen LogP contribution in [0.5, 0.6) is 17.2 Å². The van der Waals surface area contributed by atoms with Crippen LogP contribution >= 0.6 is 0 Å². The zero-order valence-electron chi connectivity index (χ0n) is 17.4. The number of hydrogen-bond donors (Lipinski definition) is 1. The third-order valence-corrected chi connectivity index (χ3v) is 4.45. The normalized spacial score (nSPS) is 10.8. The van der Waals surface area contributed by atoms with E-state index in [4.69, 9.17) is 14.2 Å². The van der Waals surface area contributed by atoms with Gasteiger partial charge in [0.1, 0.15) is 12.4 Å². The minimum Gasteiger partial charge on any atom is -0.493 e. The summed E-state index contributed by atoms with van der Waals surface area (Å²) in [7, 11) is 1.67. The standard InChI is InChI=1S/C25H29NO3/c1-19(2)29-23-14-12-20(13-15-23)16-26-17-22-10-7-11-24(27-3)25(22)28-18-21-8-5-4-6-9-21/h4-15,19,26H,16-18H2,1-3H3. The molecule has 0 spiro atoms. The second-order valence-electron chi connectivity index (χ2n) is 7.14. The van der Waals surface area contributed by atoms with Gasteiger partial charge in [0.25, 0.3) is 0 Å². The van der Waals surface area contributed by atoms with Crippen LogP contribution in [0.4, 0.5) is 0 Å². The molecule has 0 bridgehead atoms. The molecular weight excluding hydrogens is 362 g/mol. The first kappa shape index (κ1) is 20.7. The van der Waals surface area contributed by atoms with E-state index in [1.165, 1.54) is 5.56 Å². The summed E-state index contributed by atoms with van der Waals surface area (Å²) in [6.45, 7) is 6.01. The van der Waals surface area contributed by atoms with Crippen LogP contribution in [0, 0.1) is 0 Å². The number of para-hydroxylation sites is 1. The minimum atomic E-state index is 0.182. The second kappa shape index (κ2) is 10.5. The molecule has 3 aromatic rings. The largest absolute Gasteiger partial charge is 0.493 e. The number of nitrogens with one attached hydrogen (secondary N) is 1. The second-order valence-corrected chi connectivity index (χ2v) is 7.14. The van der Waals surface area contributed by atoms with Crippen LogP contribution in [-0.4, -0.2) is 13.2 Å². The van der Waals surface area contributed by atoms with Crippen molar-refractivity contribution in [2.45, 2.75) is 39.6 Å². The van der Waals surface area contributed by atoms with Crippen LogP contribution in [0.25, 0.3) is 0 Å². The lowest BCUT2D eigenvalue weighted by Gasteiger charge is -2.16. The van der Waals surface area contributed by atoms with Gasteiger partial charge in [0.15, 0.2) is 11.5 Å². The van der Waals surface area contributed by atoms with Crippen molar-refractivity contribution in [2.24, 2.45) is 0 Å². The average Bonchev–Trinajstić information content (AvgIpc) is 2.74. The Morgan fingerprint density at radius 1 is 0.793 bits per heavy atom. The Kier molecular flexibility index (Phi) is 7.54. The lowest BCUT2D eigenvalue weighted by molar-refractivity contribution is 0.242. The Morgan fingerprint density at radius 2 is 1.55 bits per heavy atom. The van der Waals surface area contributed by atoms with Gasteiger partial charge in [0, 0.05) is 18.7 Å². The first-order valence-electron chi connectivity index (χ1n) is 9.94. The molecule has 3 aromatic carbocycles. The van der Waals surface area contributed by atoms with Crippen LogP contribution in [-0.2, 0) is 19.7 Å². The van der Waals surface area contributed by atoms with Gasteiger partial charge in [-0.05, 0) is 43.2 Å². The van der Waals surface area contributed by atoms with Crippen molar-refractivity contribution in [1.29, 1.82) is 0 Å². The van der Waals surface area contributed by atoms with Crippen LogP contribution < -0.4 is 19.5 Å². The van der Waals surface area contributed by atoms with Crippen LogP contribution in [0.1, 0.15) is 30.5 Å². The van der Waals surface area contributed by atoms with Gasteiger partial charge in [0.2, 0.25) is 0 Å². The molecule has 0 aliphatic carbocycles. The predicted molar refractivity (Wildman–Crippen MR) is 117 cm³/mol. The fourth-order valence-corrected chi connectivity index (χ4v) is 3.05. The molecule has 4 nitrogen and oxygen atoms in total. The molecule has 0 saturated heterocycles. The number of ether oxygens (including phenoxy) is 3. The number of rotatable bonds is 10. The first-order valence-corrected chi connectivity index (χ1v) is 9.94. The summed E-state index contributed by atoms with van der Waals surface area (Å²) in [4.78, 5) is 0. The summed E-state index contributed by atoms with van der Waals surface area (Å²) >= 11 is 0. The summed E-state index contributed by atoms with van der Waals surface area (Å²) in [5.41, 5.74) is 3.40. The summed E-state index contributed by atoms with van der Waals surface area (Å²) < 4.78 is 17.3. The predicted octanol–water partition coefficient (Wildman–Crippen LogP) is 5.35. The molecule has 0 unspecified atom stereocenters. The molecule has 0 atom stereocenters. The topological polar surface area (TPSA) is 39.7 Å². The third kappa shape index (κ3) is 6.26. The molecule has 152 valence electrons. The van der Waals surface area contributed by atoms with E-state index in [0.29, 0.717) is 13.2 Å². The van der Waals surface area contributed by atoms with Crippen molar-refractivity contribution in [1.82, 2.24) is 5.32 Å². The monoisotopic (exact) mass is 391 g/mol. The van der Waals surface area contributed by atoms with Crippen LogP contribution in [0.3, 0.4) is 0 Å². The highest BCUT2D eigenvalue weighted by atomic mass is 16.5. The maximum Gasteiger partial charge on any atom is 0.166 e. The third-order valence-electron chi connectivity index (χ3n) is 4.45. The Hall–Kier alpha value is -2.98. The molecular formula is C25H29NO3.